The zero-order valence-electron chi connectivity index (χ0n) is 6.54. The molecule has 0 spiro atoms. The first kappa shape index (κ1) is 9.67. The van der Waals surface area contributed by atoms with E-state index in [-0.39, 0.29) is 6.61 Å². The van der Waals surface area contributed by atoms with E-state index in [1.54, 1.807) is 19.1 Å². The molecule has 0 aliphatic carbocycles. The summed E-state index contributed by atoms with van der Waals surface area (Å²) in [5.74, 6) is 0. The highest BCUT2D eigenvalue weighted by Crippen LogP contribution is 2.01. The Kier molecular flexibility index (Phi) is 4.80. The molecule has 0 unspecified atom stereocenters. The average molecular weight is 149 g/mol. The smallest absolute Gasteiger partial charge is 0.0988 e. The Morgan fingerprint density at radius 1 is 1.73 bits per heavy atom. The van der Waals surface area contributed by atoms with Crippen LogP contribution in [0.4, 0.5) is 0 Å². The lowest BCUT2D eigenvalue weighted by Gasteiger charge is -1.93. The van der Waals surface area contributed by atoms with Crippen LogP contribution in [0.15, 0.2) is 36.0 Å². The van der Waals surface area contributed by atoms with Gasteiger partial charge in [-0.15, -0.1) is 0 Å². The predicted molar refractivity (Wildman–Crippen MR) is 44.7 cm³/mol. The third-order valence-corrected chi connectivity index (χ3v) is 1.23. The molecule has 0 aromatic carbocycles. The highest BCUT2D eigenvalue weighted by atomic mass is 16.3. The predicted octanol–water partition coefficient (Wildman–Crippen LogP) is 1.56. The number of hydrogen-bond acceptors (Lipinski definition) is 2. The van der Waals surface area contributed by atoms with Crippen molar-refractivity contribution in [3.8, 4) is 6.07 Å². The molecule has 0 aromatic rings. The lowest BCUT2D eigenvalue weighted by atomic mass is 10.2. The molecular weight excluding hydrogens is 138 g/mol. The van der Waals surface area contributed by atoms with Crippen LogP contribution < -0.4 is 0 Å². The number of allylic oxidation sites excluding steroid dienone is 3. The van der Waals surface area contributed by atoms with E-state index in [4.69, 9.17) is 10.4 Å². The van der Waals surface area contributed by atoms with E-state index < -0.39 is 0 Å². The molecule has 58 valence electrons. The Bertz CT molecular complexity index is 230. The van der Waals surface area contributed by atoms with Crippen LogP contribution in [0.2, 0.25) is 0 Å². The standard InChI is InChI=1S/C9H11NO/c1-3-8(6-10)5-9(4-2)7-11/h3-5,11H,2,7H2,1H3/b8-3+,9-5+. The van der Waals surface area contributed by atoms with E-state index >= 15 is 0 Å². The highest BCUT2D eigenvalue weighted by molar-refractivity contribution is 5.37. The fourth-order valence-corrected chi connectivity index (χ4v) is 0.549. The van der Waals surface area contributed by atoms with Crippen LogP contribution in [0.25, 0.3) is 0 Å². The van der Waals surface area contributed by atoms with Crippen LogP contribution >= 0.6 is 0 Å². The lowest BCUT2D eigenvalue weighted by molar-refractivity contribution is 0.335. The van der Waals surface area contributed by atoms with Gasteiger partial charge in [0.25, 0.3) is 0 Å². The van der Waals surface area contributed by atoms with Crippen molar-refractivity contribution in [1.82, 2.24) is 0 Å². The number of nitrogens with zero attached hydrogens (tertiary/aromatic N) is 1. The summed E-state index contributed by atoms with van der Waals surface area (Å²) in [4.78, 5) is 0. The lowest BCUT2D eigenvalue weighted by Crippen LogP contribution is -1.86. The maximum Gasteiger partial charge on any atom is 0.0988 e. The van der Waals surface area contributed by atoms with Gasteiger partial charge in [0, 0.05) is 5.57 Å². The molecule has 11 heavy (non-hydrogen) atoms. The maximum absolute atomic E-state index is 8.69. The van der Waals surface area contributed by atoms with Crippen LogP contribution in [-0.2, 0) is 0 Å². The number of nitriles is 1. The summed E-state index contributed by atoms with van der Waals surface area (Å²) in [6.07, 6.45) is 4.81. The molecule has 0 fully saturated rings. The van der Waals surface area contributed by atoms with Crippen molar-refractivity contribution in [2.45, 2.75) is 6.92 Å². The van der Waals surface area contributed by atoms with E-state index in [9.17, 15) is 0 Å². The zero-order valence-corrected chi connectivity index (χ0v) is 6.54. The third-order valence-electron chi connectivity index (χ3n) is 1.23. The molecular formula is C9H11NO. The first-order valence-electron chi connectivity index (χ1n) is 3.28. The minimum Gasteiger partial charge on any atom is -0.392 e. The van der Waals surface area contributed by atoms with Gasteiger partial charge in [-0.3, -0.25) is 0 Å². The molecule has 0 atom stereocenters. The Morgan fingerprint density at radius 2 is 2.36 bits per heavy atom. The summed E-state index contributed by atoms with van der Waals surface area (Å²) < 4.78 is 0. The van der Waals surface area contributed by atoms with Crippen molar-refractivity contribution in [2.24, 2.45) is 0 Å². The summed E-state index contributed by atoms with van der Waals surface area (Å²) in [5, 5.41) is 17.2. The maximum atomic E-state index is 8.69. The minimum absolute atomic E-state index is 0.0808. The van der Waals surface area contributed by atoms with Gasteiger partial charge in [-0.2, -0.15) is 5.26 Å². The molecule has 0 aromatic heterocycles. The average Bonchev–Trinajstić information content (AvgIpc) is 2.07. The second-order valence-electron chi connectivity index (χ2n) is 1.94. The molecule has 0 aliphatic heterocycles. The monoisotopic (exact) mass is 149 g/mol. The highest BCUT2D eigenvalue weighted by Gasteiger charge is 1.90. The van der Waals surface area contributed by atoms with Gasteiger partial charge < -0.3 is 5.11 Å². The number of hydrogen-bond donors (Lipinski definition) is 1. The number of aliphatic hydroxyl groups excluding tert-OH is 1. The quantitative estimate of drug-likeness (QED) is 0.489. The van der Waals surface area contributed by atoms with Gasteiger partial charge in [0.15, 0.2) is 0 Å². The summed E-state index contributed by atoms with van der Waals surface area (Å²) in [6, 6.07) is 1.98. The Hall–Kier alpha value is -1.33. The third kappa shape index (κ3) is 3.39. The number of rotatable bonds is 3. The molecule has 0 saturated carbocycles. The summed E-state index contributed by atoms with van der Waals surface area (Å²) in [6.45, 7) is 5.18. The zero-order chi connectivity index (χ0) is 8.69. The van der Waals surface area contributed by atoms with E-state index in [0.29, 0.717) is 11.1 Å². The van der Waals surface area contributed by atoms with Crippen molar-refractivity contribution in [1.29, 1.82) is 5.26 Å². The van der Waals surface area contributed by atoms with Gasteiger partial charge in [0.1, 0.15) is 0 Å². The second-order valence-corrected chi connectivity index (χ2v) is 1.94. The van der Waals surface area contributed by atoms with Crippen molar-refractivity contribution in [2.75, 3.05) is 6.61 Å². The summed E-state index contributed by atoms with van der Waals surface area (Å²) in [5.41, 5.74) is 1.19. The van der Waals surface area contributed by atoms with Crippen LogP contribution in [0.1, 0.15) is 6.92 Å². The van der Waals surface area contributed by atoms with Crippen molar-refractivity contribution in [3.63, 3.8) is 0 Å². The minimum atomic E-state index is -0.0808. The molecule has 1 N–H and O–H groups in total. The van der Waals surface area contributed by atoms with Gasteiger partial charge >= 0.3 is 0 Å². The van der Waals surface area contributed by atoms with Crippen molar-refractivity contribution in [3.05, 3.63) is 36.0 Å². The van der Waals surface area contributed by atoms with Gasteiger partial charge in [-0.25, -0.2) is 0 Å². The number of aliphatic hydroxyl groups is 1. The molecule has 0 amide bonds. The van der Waals surface area contributed by atoms with Crippen LogP contribution in [0, 0.1) is 11.3 Å². The van der Waals surface area contributed by atoms with Crippen LogP contribution in [0.5, 0.6) is 0 Å². The molecule has 2 heteroatoms. The van der Waals surface area contributed by atoms with E-state index in [1.807, 2.05) is 6.07 Å². The fourth-order valence-electron chi connectivity index (χ4n) is 0.549. The largest absolute Gasteiger partial charge is 0.392 e. The fraction of sp³-hybridized carbons (Fsp3) is 0.222. The SMILES string of the molecule is C=C/C(=C\C(C#N)=C/C)CO. The van der Waals surface area contributed by atoms with E-state index in [0.717, 1.165) is 0 Å². The van der Waals surface area contributed by atoms with Gasteiger partial charge in [0.05, 0.1) is 12.7 Å². The molecule has 0 aliphatic rings. The molecule has 2 nitrogen and oxygen atoms in total. The molecule has 0 saturated heterocycles. The van der Waals surface area contributed by atoms with E-state index in [1.165, 1.54) is 6.08 Å². The molecule has 0 heterocycles. The molecule has 0 bridgehead atoms. The van der Waals surface area contributed by atoms with Gasteiger partial charge in [-0.05, 0) is 18.6 Å². The summed E-state index contributed by atoms with van der Waals surface area (Å²) >= 11 is 0. The van der Waals surface area contributed by atoms with E-state index in [2.05, 4.69) is 6.58 Å². The second kappa shape index (κ2) is 5.45. The Morgan fingerprint density at radius 3 is 2.64 bits per heavy atom. The van der Waals surface area contributed by atoms with Crippen LogP contribution in [0.3, 0.4) is 0 Å². The van der Waals surface area contributed by atoms with Crippen molar-refractivity contribution < 1.29 is 5.11 Å². The Balaban J connectivity index is 4.52. The molecule has 0 radical (unpaired) electrons. The first-order chi connectivity index (χ1) is 5.28. The van der Waals surface area contributed by atoms with Gasteiger partial charge in [0.2, 0.25) is 0 Å². The van der Waals surface area contributed by atoms with Crippen LogP contribution in [-0.4, -0.2) is 11.7 Å². The molecule has 0 rings (SSSR count). The Labute approximate surface area is 66.8 Å². The first-order valence-corrected chi connectivity index (χ1v) is 3.28. The topological polar surface area (TPSA) is 44.0 Å². The normalized spacial score (nSPS) is 12.5. The summed E-state index contributed by atoms with van der Waals surface area (Å²) in [7, 11) is 0. The van der Waals surface area contributed by atoms with Crippen molar-refractivity contribution >= 4 is 0 Å². The van der Waals surface area contributed by atoms with Gasteiger partial charge in [-0.1, -0.05) is 18.7 Å².